The van der Waals surface area contributed by atoms with Gasteiger partial charge in [-0.3, -0.25) is 0 Å². The first kappa shape index (κ1) is 10.4. The van der Waals surface area contributed by atoms with Gasteiger partial charge >= 0.3 is 0 Å². The largest absolute Gasteiger partial charge is 0.212 e. The van der Waals surface area contributed by atoms with Crippen molar-refractivity contribution < 1.29 is 0 Å². The van der Waals surface area contributed by atoms with Crippen LogP contribution in [0.1, 0.15) is 5.56 Å². The lowest BCUT2D eigenvalue weighted by Crippen LogP contribution is -1.98. The van der Waals surface area contributed by atoms with Gasteiger partial charge in [-0.25, -0.2) is 4.68 Å². The molecule has 0 N–H and O–H groups in total. The second-order valence-electron chi connectivity index (χ2n) is 3.98. The fourth-order valence-electron chi connectivity index (χ4n) is 1.85. The summed E-state index contributed by atoms with van der Waals surface area (Å²) in [6, 6.07) is 14.0. The van der Waals surface area contributed by atoms with E-state index in [2.05, 4.69) is 35.9 Å². The maximum absolute atomic E-state index is 4.47. The zero-order valence-electron chi connectivity index (χ0n) is 9.33. The van der Waals surface area contributed by atoms with E-state index in [4.69, 9.17) is 0 Å². The number of para-hydroxylation sites is 1. The van der Waals surface area contributed by atoms with Crippen molar-refractivity contribution >= 4 is 23.7 Å². The van der Waals surface area contributed by atoms with Crippen LogP contribution >= 0.6 is 12.6 Å². The van der Waals surface area contributed by atoms with Crippen molar-refractivity contribution in [3.05, 3.63) is 48.0 Å². The third kappa shape index (κ3) is 1.70. The predicted molar refractivity (Wildman–Crippen MR) is 70.9 cm³/mol. The molecule has 0 fully saturated rings. The van der Waals surface area contributed by atoms with Gasteiger partial charge in [-0.2, -0.15) is 0 Å². The Morgan fingerprint density at radius 2 is 1.94 bits per heavy atom. The summed E-state index contributed by atoms with van der Waals surface area (Å²) in [6.07, 6.45) is 0. The minimum Gasteiger partial charge on any atom is -0.212 e. The van der Waals surface area contributed by atoms with Crippen LogP contribution in [0.2, 0.25) is 0 Å². The summed E-state index contributed by atoms with van der Waals surface area (Å²) in [5.74, 6) is 0. The van der Waals surface area contributed by atoms with Crippen molar-refractivity contribution in [1.82, 2.24) is 15.0 Å². The molecule has 4 heteroatoms. The van der Waals surface area contributed by atoms with Gasteiger partial charge in [0, 0.05) is 4.90 Å². The smallest absolute Gasteiger partial charge is 0.113 e. The number of hydrogen-bond acceptors (Lipinski definition) is 3. The van der Waals surface area contributed by atoms with Crippen LogP contribution in [0.4, 0.5) is 0 Å². The monoisotopic (exact) mass is 241 g/mol. The molecule has 0 saturated heterocycles. The molecule has 84 valence electrons. The van der Waals surface area contributed by atoms with Crippen molar-refractivity contribution in [3.63, 3.8) is 0 Å². The van der Waals surface area contributed by atoms with Gasteiger partial charge in [0.1, 0.15) is 5.52 Å². The summed E-state index contributed by atoms with van der Waals surface area (Å²) >= 11 is 4.47. The molecule has 3 rings (SSSR count). The molecule has 0 aliphatic heterocycles. The SMILES string of the molecule is Cc1ccc(S)c(-n2nnc3ccccc32)c1. The van der Waals surface area contributed by atoms with E-state index >= 15 is 0 Å². The van der Waals surface area contributed by atoms with E-state index in [0.717, 1.165) is 21.6 Å². The molecule has 3 nitrogen and oxygen atoms in total. The van der Waals surface area contributed by atoms with Gasteiger partial charge in [-0.15, -0.1) is 17.7 Å². The maximum atomic E-state index is 4.47. The number of benzene rings is 2. The first-order valence-corrected chi connectivity index (χ1v) is 5.81. The third-order valence-corrected chi connectivity index (χ3v) is 3.09. The molecule has 0 radical (unpaired) electrons. The van der Waals surface area contributed by atoms with E-state index in [9.17, 15) is 0 Å². The predicted octanol–water partition coefficient (Wildman–Crippen LogP) is 3.02. The normalized spacial score (nSPS) is 10.9. The first-order valence-electron chi connectivity index (χ1n) is 5.36. The summed E-state index contributed by atoms with van der Waals surface area (Å²) in [5, 5.41) is 8.33. The van der Waals surface area contributed by atoms with Gasteiger partial charge in [-0.05, 0) is 36.8 Å². The quantitative estimate of drug-likeness (QED) is 0.664. The number of thiol groups is 1. The molecule has 17 heavy (non-hydrogen) atoms. The van der Waals surface area contributed by atoms with Crippen LogP contribution in [0, 0.1) is 6.92 Å². The summed E-state index contributed by atoms with van der Waals surface area (Å²) in [7, 11) is 0. The number of nitrogens with zero attached hydrogens (tertiary/aromatic N) is 3. The Balaban J connectivity index is 2.31. The lowest BCUT2D eigenvalue weighted by molar-refractivity contribution is 0.811. The molecule has 1 aromatic heterocycles. The Bertz CT molecular complexity index is 688. The fourth-order valence-corrected chi connectivity index (χ4v) is 2.08. The van der Waals surface area contributed by atoms with E-state index in [1.54, 1.807) is 0 Å². The van der Waals surface area contributed by atoms with Gasteiger partial charge in [0.15, 0.2) is 0 Å². The number of rotatable bonds is 1. The number of hydrogen-bond donors (Lipinski definition) is 1. The average Bonchev–Trinajstić information content (AvgIpc) is 2.76. The second-order valence-corrected chi connectivity index (χ2v) is 4.46. The number of aromatic nitrogens is 3. The highest BCUT2D eigenvalue weighted by Gasteiger charge is 2.08. The molecule has 0 atom stereocenters. The topological polar surface area (TPSA) is 30.7 Å². The van der Waals surface area contributed by atoms with Crippen LogP contribution in [-0.4, -0.2) is 15.0 Å². The van der Waals surface area contributed by atoms with Crippen LogP contribution in [0.25, 0.3) is 16.7 Å². The molecule has 0 saturated carbocycles. The Labute approximate surface area is 104 Å². The zero-order chi connectivity index (χ0) is 11.8. The van der Waals surface area contributed by atoms with Crippen molar-refractivity contribution in [3.8, 4) is 5.69 Å². The molecule has 0 bridgehead atoms. The highest BCUT2D eigenvalue weighted by Crippen LogP contribution is 2.22. The van der Waals surface area contributed by atoms with Crippen LogP contribution in [0.3, 0.4) is 0 Å². The second kappa shape index (κ2) is 3.89. The first-order chi connectivity index (χ1) is 8.25. The van der Waals surface area contributed by atoms with Gasteiger partial charge in [0.25, 0.3) is 0 Å². The van der Waals surface area contributed by atoms with Crippen molar-refractivity contribution in [2.45, 2.75) is 11.8 Å². The summed E-state index contributed by atoms with van der Waals surface area (Å²) in [6.45, 7) is 2.05. The molecular formula is C13H11N3S. The van der Waals surface area contributed by atoms with E-state index in [0.29, 0.717) is 0 Å². The molecule has 1 heterocycles. The van der Waals surface area contributed by atoms with Gasteiger partial charge in [-0.1, -0.05) is 23.4 Å². The lowest BCUT2D eigenvalue weighted by Gasteiger charge is -2.06. The van der Waals surface area contributed by atoms with Crippen molar-refractivity contribution in [1.29, 1.82) is 0 Å². The fraction of sp³-hybridized carbons (Fsp3) is 0.0769. The van der Waals surface area contributed by atoms with E-state index in [1.807, 2.05) is 41.1 Å². The minimum atomic E-state index is 0.890. The summed E-state index contributed by atoms with van der Waals surface area (Å²) in [4.78, 5) is 0.895. The Morgan fingerprint density at radius 3 is 2.82 bits per heavy atom. The maximum Gasteiger partial charge on any atom is 0.113 e. The number of fused-ring (bicyclic) bond motifs is 1. The van der Waals surface area contributed by atoms with E-state index in [1.165, 1.54) is 5.56 Å². The molecule has 3 aromatic rings. The molecule has 0 amide bonds. The highest BCUT2D eigenvalue weighted by molar-refractivity contribution is 7.80. The molecular weight excluding hydrogens is 230 g/mol. The molecule has 2 aromatic carbocycles. The Morgan fingerprint density at radius 1 is 1.12 bits per heavy atom. The van der Waals surface area contributed by atoms with Gasteiger partial charge < -0.3 is 0 Å². The van der Waals surface area contributed by atoms with Crippen LogP contribution in [0.5, 0.6) is 0 Å². The number of aryl methyl sites for hydroxylation is 1. The zero-order valence-corrected chi connectivity index (χ0v) is 10.2. The highest BCUT2D eigenvalue weighted by atomic mass is 32.1. The lowest BCUT2D eigenvalue weighted by atomic mass is 10.2. The molecule has 0 aliphatic rings. The Hall–Kier alpha value is -1.81. The van der Waals surface area contributed by atoms with Crippen molar-refractivity contribution in [2.24, 2.45) is 0 Å². The van der Waals surface area contributed by atoms with Gasteiger partial charge in [0.05, 0.1) is 11.2 Å². The standard InChI is InChI=1S/C13H11N3S/c1-9-6-7-13(17)12(8-9)16-11-5-3-2-4-10(11)14-15-16/h2-8,17H,1H3. The van der Waals surface area contributed by atoms with Crippen LogP contribution in [-0.2, 0) is 0 Å². The molecule has 0 aliphatic carbocycles. The molecule has 0 unspecified atom stereocenters. The Kier molecular flexibility index (Phi) is 2.37. The van der Waals surface area contributed by atoms with Crippen LogP contribution < -0.4 is 0 Å². The third-order valence-electron chi connectivity index (χ3n) is 2.71. The average molecular weight is 241 g/mol. The van der Waals surface area contributed by atoms with Gasteiger partial charge in [0.2, 0.25) is 0 Å². The summed E-state index contributed by atoms with van der Waals surface area (Å²) < 4.78 is 1.82. The summed E-state index contributed by atoms with van der Waals surface area (Å²) in [5.41, 5.74) is 4.02. The van der Waals surface area contributed by atoms with E-state index < -0.39 is 0 Å². The minimum absolute atomic E-state index is 0.890. The van der Waals surface area contributed by atoms with Crippen LogP contribution in [0.15, 0.2) is 47.4 Å². The van der Waals surface area contributed by atoms with Crippen molar-refractivity contribution in [2.75, 3.05) is 0 Å². The van der Waals surface area contributed by atoms with E-state index in [-0.39, 0.29) is 0 Å². The molecule has 0 spiro atoms.